The number of pyridine rings is 2. The smallest absolute Gasteiger partial charge is 0.300 e. The van der Waals surface area contributed by atoms with Gasteiger partial charge in [0.2, 0.25) is 5.91 Å². The van der Waals surface area contributed by atoms with Crippen molar-refractivity contribution in [2.24, 2.45) is 16.0 Å². The van der Waals surface area contributed by atoms with Crippen LogP contribution in [0.25, 0.3) is 0 Å². The normalized spacial score (nSPS) is 15.2. The van der Waals surface area contributed by atoms with Crippen LogP contribution in [-0.2, 0) is 26.4 Å². The highest BCUT2D eigenvalue weighted by Crippen LogP contribution is 2.48. The van der Waals surface area contributed by atoms with E-state index in [1.807, 2.05) is 77.9 Å². The molecule has 4 aromatic carbocycles. The van der Waals surface area contributed by atoms with Crippen molar-refractivity contribution in [3.05, 3.63) is 209 Å². The number of carboxylic acid groups (broad SMARTS) is 1. The van der Waals surface area contributed by atoms with E-state index in [-0.39, 0.29) is 37.5 Å². The molecule has 0 spiro atoms. The van der Waals surface area contributed by atoms with Gasteiger partial charge in [-0.15, -0.1) is 0 Å². The molecule has 1 amide bonds. The van der Waals surface area contributed by atoms with Gasteiger partial charge in [-0.25, -0.2) is 9.97 Å². The predicted molar refractivity (Wildman–Crippen MR) is 278 cm³/mol. The van der Waals surface area contributed by atoms with Gasteiger partial charge in [0.1, 0.15) is 28.7 Å². The molecule has 2 atom stereocenters. The summed E-state index contributed by atoms with van der Waals surface area (Å²) < 4.78 is 11.9. The van der Waals surface area contributed by atoms with E-state index in [1.165, 1.54) is 12.5 Å². The van der Waals surface area contributed by atoms with E-state index >= 15 is 0 Å². The average molecular weight is 928 g/mol. The fraction of sp³-hybridized carbons (Fsp3) is 0.263. The molecule has 4 heterocycles. The molecule has 0 saturated heterocycles. The van der Waals surface area contributed by atoms with Gasteiger partial charge in [0.05, 0.1) is 42.1 Å². The number of aromatic nitrogens is 2. The number of aliphatic carboxylic acids is 1. The minimum Gasteiger partial charge on any atom is -0.491 e. The number of nitrogens with one attached hydrogen (secondary N) is 1. The minimum absolute atomic E-state index is 0. The lowest BCUT2D eigenvalue weighted by molar-refractivity contribution is -0.134. The number of hydrazone groups is 1. The van der Waals surface area contributed by atoms with Gasteiger partial charge in [0, 0.05) is 42.9 Å². The Morgan fingerprint density at radius 3 is 1.84 bits per heavy atom. The second kappa shape index (κ2) is 24.2. The Bertz CT molecular complexity index is 2670. The Morgan fingerprint density at radius 2 is 1.30 bits per heavy atom. The Balaban J connectivity index is 0.000000252. The van der Waals surface area contributed by atoms with Crippen molar-refractivity contribution < 1.29 is 24.2 Å². The first-order chi connectivity index (χ1) is 32.8. The zero-order valence-corrected chi connectivity index (χ0v) is 40.0. The number of amides is 1. The molecule has 2 aliphatic heterocycles. The number of allylic oxidation sites excluding steroid dienone is 1. The molecule has 6 aromatic rings. The second-order valence-electron chi connectivity index (χ2n) is 16.5. The van der Waals surface area contributed by atoms with Gasteiger partial charge in [-0.2, -0.15) is 5.10 Å². The maximum Gasteiger partial charge on any atom is 0.300 e. The van der Waals surface area contributed by atoms with Crippen LogP contribution in [0.2, 0.25) is 0 Å². The molecule has 2 unspecified atom stereocenters. The Hall–Kier alpha value is -7.86. The average Bonchev–Trinajstić information content (AvgIpc) is 3.92. The van der Waals surface area contributed by atoms with E-state index in [1.54, 1.807) is 12.4 Å². The van der Waals surface area contributed by atoms with Crippen molar-refractivity contribution in [1.29, 1.82) is 0 Å². The number of fused-ring (bicyclic) bond motifs is 2. The molecular formula is C57H65N7O5. The summed E-state index contributed by atoms with van der Waals surface area (Å²) >= 11 is 0. The molecule has 4 N–H and O–H groups in total. The van der Waals surface area contributed by atoms with E-state index in [0.29, 0.717) is 18.2 Å². The molecule has 9 rings (SSSR count). The summed E-state index contributed by atoms with van der Waals surface area (Å²) in [5.41, 5.74) is 14.9. The van der Waals surface area contributed by atoms with Crippen LogP contribution in [0.4, 0.5) is 11.6 Å². The summed E-state index contributed by atoms with van der Waals surface area (Å²) in [6, 6.07) is 45.6. The number of benzene rings is 4. The van der Waals surface area contributed by atoms with Gasteiger partial charge < -0.3 is 25.6 Å². The first kappa shape index (κ1) is 52.1. The largest absolute Gasteiger partial charge is 0.491 e. The van der Waals surface area contributed by atoms with Crippen LogP contribution < -0.4 is 15.8 Å². The van der Waals surface area contributed by atoms with E-state index < -0.39 is 11.5 Å². The number of hydrogen-bond donors (Lipinski definition) is 3. The number of anilines is 2. The molecule has 0 fully saturated rings. The second-order valence-corrected chi connectivity index (χ2v) is 16.5. The fourth-order valence-electron chi connectivity index (χ4n) is 8.39. The van der Waals surface area contributed by atoms with Gasteiger partial charge in [-0.05, 0) is 98.5 Å². The topological polar surface area (TPSA) is 165 Å². The number of aliphatic imine (C=N–C) groups is 1. The van der Waals surface area contributed by atoms with E-state index in [2.05, 4.69) is 141 Å². The summed E-state index contributed by atoms with van der Waals surface area (Å²) in [6.07, 6.45) is 10.1. The number of ether oxygens (including phenoxy) is 2. The standard InChI is InChI=1S/C34H32N4O.C18H19N3O2.C2H4O2.C2H6.CH4/c1-24(2)39-29-18-19-31-30(23-29)33(25-20-21-36-32(35)22-25)37-38(31)34(26-12-6-3-7-13-26,27-14-8-4-9-15-27)28-16-10-5-11-17-28;1-11(2)23-15-5-4-14-10-20-18(16(14)9-15)13-6-7-19-17(8-13)21-12(3)22;1-2(3)4;1-2;/h3-24,30-31H,1-2H3,(H2,35,36);4-9,11H,10H2,1-3H3,(H,19,21,22);1H3,(H,3,4);1-2H3;1H4. The lowest BCUT2D eigenvalue weighted by Gasteiger charge is -2.45. The third kappa shape index (κ3) is 12.6. The van der Waals surface area contributed by atoms with Crippen LogP contribution in [0.5, 0.6) is 5.75 Å². The molecule has 0 bridgehead atoms. The third-order valence-electron chi connectivity index (χ3n) is 10.8. The SMILES string of the molecule is C.CC.CC(=O)Nc1cc(C2=NCc3ccc(OC(C)C)cc32)ccn1.CC(=O)O.CC(C)OC1=CC2C(c3ccnc(N)c3)=NN(C(c3ccccc3)(c3ccccc3)c3ccccc3)C2C=C1. The lowest BCUT2D eigenvalue weighted by Crippen LogP contribution is -2.49. The lowest BCUT2D eigenvalue weighted by atomic mass is 9.75. The molecular weight excluding hydrogens is 863 g/mol. The Labute approximate surface area is 407 Å². The zero-order chi connectivity index (χ0) is 48.8. The van der Waals surface area contributed by atoms with Gasteiger partial charge in [0.25, 0.3) is 5.97 Å². The number of rotatable bonds is 11. The molecule has 358 valence electrons. The number of carboxylic acids is 1. The highest BCUT2D eigenvalue weighted by molar-refractivity contribution is 6.15. The van der Waals surface area contributed by atoms with Crippen LogP contribution in [0.1, 0.15) is 102 Å². The molecule has 0 saturated carbocycles. The number of carbonyl (C=O) groups excluding carboxylic acids is 1. The molecule has 3 aliphatic rings. The molecule has 12 nitrogen and oxygen atoms in total. The summed E-state index contributed by atoms with van der Waals surface area (Å²) in [7, 11) is 0. The van der Waals surface area contributed by atoms with Gasteiger partial charge in [0.15, 0.2) is 0 Å². The fourth-order valence-corrected chi connectivity index (χ4v) is 8.39. The van der Waals surface area contributed by atoms with Crippen LogP contribution in [0.15, 0.2) is 180 Å². The minimum atomic E-state index is -0.833. The Kier molecular flexibility index (Phi) is 18.3. The van der Waals surface area contributed by atoms with Gasteiger partial charge >= 0.3 is 0 Å². The number of nitrogens with zero attached hydrogens (tertiary/aromatic N) is 5. The number of carbonyl (C=O) groups is 2. The van der Waals surface area contributed by atoms with Gasteiger partial charge in [-0.3, -0.25) is 19.6 Å². The summed E-state index contributed by atoms with van der Waals surface area (Å²) in [5.74, 6) is 1.68. The molecule has 2 aromatic heterocycles. The van der Waals surface area contributed by atoms with Crippen LogP contribution in [0.3, 0.4) is 0 Å². The summed E-state index contributed by atoms with van der Waals surface area (Å²) in [5, 5.41) is 17.9. The maximum absolute atomic E-state index is 11.2. The van der Waals surface area contributed by atoms with Crippen molar-refractivity contribution in [3.63, 3.8) is 0 Å². The first-order valence-electron chi connectivity index (χ1n) is 22.9. The number of nitrogens with two attached hydrogens (primary N) is 1. The van der Waals surface area contributed by atoms with Crippen molar-refractivity contribution in [3.8, 4) is 5.75 Å². The molecule has 12 heteroatoms. The highest BCUT2D eigenvalue weighted by Gasteiger charge is 2.50. The molecule has 1 aliphatic carbocycles. The van der Waals surface area contributed by atoms with Crippen molar-refractivity contribution >= 4 is 34.9 Å². The highest BCUT2D eigenvalue weighted by atomic mass is 16.5. The maximum atomic E-state index is 11.2. The molecule has 0 radical (unpaired) electrons. The monoisotopic (exact) mass is 928 g/mol. The summed E-state index contributed by atoms with van der Waals surface area (Å²) in [6.45, 7) is 15.3. The van der Waals surface area contributed by atoms with E-state index in [9.17, 15) is 4.79 Å². The van der Waals surface area contributed by atoms with Crippen LogP contribution in [-0.4, -0.2) is 61.6 Å². The van der Waals surface area contributed by atoms with Crippen molar-refractivity contribution in [2.75, 3.05) is 11.1 Å². The number of hydrogen-bond acceptors (Lipinski definition) is 10. The van der Waals surface area contributed by atoms with Gasteiger partial charge in [-0.1, -0.05) is 124 Å². The molecule has 69 heavy (non-hydrogen) atoms. The first-order valence-corrected chi connectivity index (χ1v) is 22.9. The Morgan fingerprint density at radius 1 is 0.754 bits per heavy atom. The van der Waals surface area contributed by atoms with Crippen molar-refractivity contribution in [1.82, 2.24) is 15.0 Å². The number of nitrogen functional groups attached to an aromatic ring is 1. The van der Waals surface area contributed by atoms with Crippen LogP contribution >= 0.6 is 0 Å². The quantitative estimate of drug-likeness (QED) is 0.107. The predicted octanol–water partition coefficient (Wildman–Crippen LogP) is 11.5. The van der Waals surface area contributed by atoms with E-state index in [0.717, 1.165) is 63.2 Å². The third-order valence-corrected chi connectivity index (χ3v) is 10.8. The summed E-state index contributed by atoms with van der Waals surface area (Å²) in [4.78, 5) is 33.2. The van der Waals surface area contributed by atoms with Crippen molar-refractivity contribution in [2.45, 2.75) is 93.2 Å². The van der Waals surface area contributed by atoms with E-state index in [4.69, 9.17) is 30.2 Å². The van der Waals surface area contributed by atoms with Crippen LogP contribution in [0, 0.1) is 5.92 Å². The zero-order valence-electron chi connectivity index (χ0n) is 40.0.